The predicted octanol–water partition coefficient (Wildman–Crippen LogP) is 2.11. The SMILES string of the molecule is [N-]=[N+]=NCC(O)C(O)c1ccc(Cl)s1. The number of thiophene rings is 1. The van der Waals surface area contributed by atoms with Crippen molar-refractivity contribution in [3.8, 4) is 0 Å². The number of rotatable bonds is 4. The highest BCUT2D eigenvalue weighted by atomic mass is 35.5. The summed E-state index contributed by atoms with van der Waals surface area (Å²) in [6.45, 7) is -0.160. The van der Waals surface area contributed by atoms with Crippen molar-refractivity contribution in [2.24, 2.45) is 5.11 Å². The van der Waals surface area contributed by atoms with E-state index in [4.69, 9.17) is 17.1 Å². The predicted molar refractivity (Wildman–Crippen MR) is 54.3 cm³/mol. The normalized spacial score (nSPS) is 14.5. The molecule has 2 atom stereocenters. The molecule has 7 heteroatoms. The molecule has 14 heavy (non-hydrogen) atoms. The summed E-state index contributed by atoms with van der Waals surface area (Å²) >= 11 is 6.84. The monoisotopic (exact) mass is 233 g/mol. The van der Waals surface area contributed by atoms with E-state index in [1.165, 1.54) is 11.3 Å². The van der Waals surface area contributed by atoms with Crippen LogP contribution in [0.2, 0.25) is 4.34 Å². The molecule has 0 aliphatic heterocycles. The molecule has 1 aromatic rings. The van der Waals surface area contributed by atoms with Crippen LogP contribution in [-0.4, -0.2) is 22.9 Å². The lowest BCUT2D eigenvalue weighted by atomic mass is 10.2. The van der Waals surface area contributed by atoms with E-state index in [2.05, 4.69) is 10.0 Å². The van der Waals surface area contributed by atoms with Crippen molar-refractivity contribution in [3.63, 3.8) is 0 Å². The second kappa shape index (κ2) is 5.19. The van der Waals surface area contributed by atoms with Gasteiger partial charge in [-0.15, -0.1) is 11.3 Å². The molecule has 0 amide bonds. The van der Waals surface area contributed by atoms with Crippen LogP contribution >= 0.6 is 22.9 Å². The summed E-state index contributed by atoms with van der Waals surface area (Å²) in [4.78, 5) is 3.04. The maximum Gasteiger partial charge on any atom is 0.114 e. The van der Waals surface area contributed by atoms with Crippen molar-refractivity contribution in [2.75, 3.05) is 6.54 Å². The van der Waals surface area contributed by atoms with Crippen LogP contribution in [0.25, 0.3) is 10.4 Å². The van der Waals surface area contributed by atoms with Crippen LogP contribution in [0.3, 0.4) is 0 Å². The molecule has 0 aromatic carbocycles. The Labute approximate surface area is 89.2 Å². The van der Waals surface area contributed by atoms with Gasteiger partial charge >= 0.3 is 0 Å². The van der Waals surface area contributed by atoms with E-state index in [9.17, 15) is 10.2 Å². The first kappa shape index (κ1) is 11.3. The van der Waals surface area contributed by atoms with Crippen LogP contribution in [0, 0.1) is 0 Å². The van der Waals surface area contributed by atoms with Crippen molar-refractivity contribution in [1.29, 1.82) is 0 Å². The van der Waals surface area contributed by atoms with E-state index < -0.39 is 12.2 Å². The molecule has 0 saturated heterocycles. The summed E-state index contributed by atoms with van der Waals surface area (Å²) in [5.41, 5.74) is 8.02. The standard InChI is InChI=1S/C7H8ClN3O2S/c8-6-2-1-5(14-6)7(13)4(12)3-10-11-9/h1-2,4,7,12-13H,3H2. The van der Waals surface area contributed by atoms with Gasteiger partial charge in [0.2, 0.25) is 0 Å². The quantitative estimate of drug-likeness (QED) is 0.474. The van der Waals surface area contributed by atoms with Crippen LogP contribution in [-0.2, 0) is 0 Å². The Kier molecular flexibility index (Phi) is 4.19. The lowest BCUT2D eigenvalue weighted by Crippen LogP contribution is -2.20. The first-order valence-electron chi connectivity index (χ1n) is 3.77. The summed E-state index contributed by atoms with van der Waals surface area (Å²) < 4.78 is 0.537. The topological polar surface area (TPSA) is 89.2 Å². The zero-order valence-corrected chi connectivity index (χ0v) is 8.61. The minimum atomic E-state index is -1.10. The van der Waals surface area contributed by atoms with Crippen molar-refractivity contribution in [2.45, 2.75) is 12.2 Å². The number of halogens is 1. The number of aliphatic hydroxyl groups is 2. The van der Waals surface area contributed by atoms with Crippen LogP contribution in [0.5, 0.6) is 0 Å². The van der Waals surface area contributed by atoms with Gasteiger partial charge < -0.3 is 10.2 Å². The van der Waals surface area contributed by atoms with Gasteiger partial charge in [-0.05, 0) is 17.7 Å². The molecule has 0 radical (unpaired) electrons. The van der Waals surface area contributed by atoms with Gasteiger partial charge in [-0.2, -0.15) is 0 Å². The fourth-order valence-electron chi connectivity index (χ4n) is 0.897. The highest BCUT2D eigenvalue weighted by Crippen LogP contribution is 2.28. The number of aliphatic hydroxyl groups excluding tert-OH is 2. The van der Waals surface area contributed by atoms with Crippen LogP contribution in [0.1, 0.15) is 11.0 Å². The molecule has 2 N–H and O–H groups in total. The molecular formula is C7H8ClN3O2S. The Morgan fingerprint density at radius 1 is 1.57 bits per heavy atom. The molecule has 2 unspecified atom stereocenters. The Morgan fingerprint density at radius 3 is 2.79 bits per heavy atom. The van der Waals surface area contributed by atoms with Crippen molar-refractivity contribution in [3.05, 3.63) is 31.8 Å². The minimum absolute atomic E-state index is 0.160. The third-order valence-corrected chi connectivity index (χ3v) is 2.88. The highest BCUT2D eigenvalue weighted by Gasteiger charge is 2.18. The van der Waals surface area contributed by atoms with Crippen molar-refractivity contribution < 1.29 is 10.2 Å². The maximum atomic E-state index is 9.55. The Balaban J connectivity index is 2.64. The van der Waals surface area contributed by atoms with Gasteiger partial charge in [-0.1, -0.05) is 16.7 Å². The summed E-state index contributed by atoms with van der Waals surface area (Å²) in [6.07, 6.45) is -2.15. The van der Waals surface area contributed by atoms with Gasteiger partial charge in [-0.3, -0.25) is 0 Å². The molecule has 0 spiro atoms. The highest BCUT2D eigenvalue weighted by molar-refractivity contribution is 7.16. The maximum absolute atomic E-state index is 9.55. The van der Waals surface area contributed by atoms with E-state index in [1.807, 2.05) is 0 Å². The molecule has 1 rings (SSSR count). The van der Waals surface area contributed by atoms with Gasteiger partial charge in [0.1, 0.15) is 6.10 Å². The minimum Gasteiger partial charge on any atom is -0.390 e. The number of nitrogens with zero attached hydrogens (tertiary/aromatic N) is 3. The summed E-state index contributed by atoms with van der Waals surface area (Å²) in [5, 5.41) is 22.1. The van der Waals surface area contributed by atoms with Crippen molar-refractivity contribution in [1.82, 2.24) is 0 Å². The molecule has 1 aromatic heterocycles. The lowest BCUT2D eigenvalue weighted by molar-refractivity contribution is 0.0266. The number of azide groups is 1. The van der Waals surface area contributed by atoms with Gasteiger partial charge in [0, 0.05) is 9.79 Å². The van der Waals surface area contributed by atoms with Crippen LogP contribution < -0.4 is 0 Å². The number of hydrogen-bond acceptors (Lipinski definition) is 4. The largest absolute Gasteiger partial charge is 0.390 e. The molecule has 0 bridgehead atoms. The first-order chi connectivity index (χ1) is 6.65. The fraction of sp³-hybridized carbons (Fsp3) is 0.429. The molecule has 5 nitrogen and oxygen atoms in total. The van der Waals surface area contributed by atoms with E-state index in [1.54, 1.807) is 12.1 Å². The number of hydrogen-bond donors (Lipinski definition) is 2. The molecule has 0 aliphatic carbocycles. The average Bonchev–Trinajstić information content (AvgIpc) is 2.60. The van der Waals surface area contributed by atoms with E-state index in [0.29, 0.717) is 9.21 Å². The van der Waals surface area contributed by atoms with E-state index >= 15 is 0 Å². The second-order valence-corrected chi connectivity index (χ2v) is 4.31. The summed E-state index contributed by atoms with van der Waals surface area (Å²) in [5.74, 6) is 0. The summed E-state index contributed by atoms with van der Waals surface area (Å²) in [7, 11) is 0. The van der Waals surface area contributed by atoms with Gasteiger partial charge in [0.05, 0.1) is 17.0 Å². The Bertz CT molecular complexity index is 350. The molecular weight excluding hydrogens is 226 g/mol. The second-order valence-electron chi connectivity index (χ2n) is 2.57. The molecule has 76 valence electrons. The summed E-state index contributed by atoms with van der Waals surface area (Å²) in [6, 6.07) is 3.25. The average molecular weight is 234 g/mol. The zero-order chi connectivity index (χ0) is 10.6. The Hall–Kier alpha value is -0.780. The smallest absolute Gasteiger partial charge is 0.114 e. The van der Waals surface area contributed by atoms with E-state index in [-0.39, 0.29) is 6.54 Å². The first-order valence-corrected chi connectivity index (χ1v) is 4.97. The van der Waals surface area contributed by atoms with Gasteiger partial charge in [0.15, 0.2) is 0 Å². The third kappa shape index (κ3) is 2.87. The zero-order valence-electron chi connectivity index (χ0n) is 7.04. The molecule has 1 heterocycles. The molecule has 0 saturated carbocycles. The Morgan fingerprint density at radius 2 is 2.29 bits per heavy atom. The van der Waals surface area contributed by atoms with Crippen molar-refractivity contribution >= 4 is 22.9 Å². The molecule has 0 aliphatic rings. The van der Waals surface area contributed by atoms with Gasteiger partial charge in [0.25, 0.3) is 0 Å². The third-order valence-electron chi connectivity index (χ3n) is 1.58. The van der Waals surface area contributed by atoms with E-state index in [0.717, 1.165) is 0 Å². The molecule has 0 fully saturated rings. The lowest BCUT2D eigenvalue weighted by Gasteiger charge is -2.13. The fourth-order valence-corrected chi connectivity index (χ4v) is 2.00. The van der Waals surface area contributed by atoms with Crippen LogP contribution in [0.15, 0.2) is 17.2 Å². The van der Waals surface area contributed by atoms with Gasteiger partial charge in [-0.25, -0.2) is 0 Å². The van der Waals surface area contributed by atoms with Crippen LogP contribution in [0.4, 0.5) is 0 Å².